The van der Waals surface area contributed by atoms with Crippen molar-refractivity contribution in [2.24, 2.45) is 0 Å². The van der Waals surface area contributed by atoms with Crippen molar-refractivity contribution in [2.45, 2.75) is 38.8 Å². The third-order valence-electron chi connectivity index (χ3n) is 5.56. The number of amides is 1. The molecule has 3 aromatic carbocycles. The number of hydrogen-bond donors (Lipinski definition) is 1. The molecule has 0 fully saturated rings. The van der Waals surface area contributed by atoms with Gasteiger partial charge in [0.2, 0.25) is 5.91 Å². The van der Waals surface area contributed by atoms with Gasteiger partial charge in [0.15, 0.2) is 0 Å². The number of aromatic nitrogens is 2. The number of nitrogens with zero attached hydrogens (tertiary/aromatic N) is 2. The molecule has 2 atom stereocenters. The number of halogens is 1. The quantitative estimate of drug-likeness (QED) is 0.387. The van der Waals surface area contributed by atoms with Gasteiger partial charge in [0.25, 0.3) is 0 Å². The van der Waals surface area contributed by atoms with Crippen LogP contribution in [0.25, 0.3) is 22.2 Å². The highest BCUT2D eigenvalue weighted by molar-refractivity contribution is 6.31. The van der Waals surface area contributed by atoms with E-state index in [0.29, 0.717) is 5.02 Å². The Morgan fingerprint density at radius 3 is 2.39 bits per heavy atom. The van der Waals surface area contributed by atoms with Crippen molar-refractivity contribution >= 4 is 28.4 Å². The Kier molecular flexibility index (Phi) is 6.38. The van der Waals surface area contributed by atoms with Crippen LogP contribution in [0, 0.1) is 0 Å². The predicted octanol–water partition coefficient (Wildman–Crippen LogP) is 6.06. The molecule has 4 rings (SSSR count). The largest absolute Gasteiger partial charge is 0.352 e. The zero-order chi connectivity index (χ0) is 21.8. The van der Waals surface area contributed by atoms with Crippen molar-refractivity contribution < 1.29 is 4.79 Å². The third kappa shape index (κ3) is 4.80. The van der Waals surface area contributed by atoms with E-state index in [-0.39, 0.29) is 11.9 Å². The summed E-state index contributed by atoms with van der Waals surface area (Å²) in [6, 6.07) is 25.6. The second-order valence-electron chi connectivity index (χ2n) is 7.93. The molecule has 0 spiro atoms. The molecule has 0 saturated carbocycles. The molecule has 1 aromatic heterocycles. The minimum Gasteiger partial charge on any atom is -0.352 e. The van der Waals surface area contributed by atoms with Crippen LogP contribution in [0.1, 0.15) is 31.9 Å². The predicted molar refractivity (Wildman–Crippen MR) is 127 cm³/mol. The van der Waals surface area contributed by atoms with E-state index in [1.807, 2.05) is 80.6 Å². The molecule has 0 unspecified atom stereocenters. The van der Waals surface area contributed by atoms with Crippen LogP contribution >= 0.6 is 11.6 Å². The summed E-state index contributed by atoms with van der Waals surface area (Å²) in [5, 5.41) is 9.56. The second kappa shape index (κ2) is 9.36. The number of carbonyl (C=O) groups excluding carboxylic acids is 1. The van der Waals surface area contributed by atoms with E-state index in [1.54, 1.807) is 4.68 Å². The molecule has 0 aliphatic carbocycles. The van der Waals surface area contributed by atoms with E-state index in [0.717, 1.165) is 35.0 Å². The fourth-order valence-corrected chi connectivity index (χ4v) is 3.96. The van der Waals surface area contributed by atoms with Crippen molar-refractivity contribution in [2.75, 3.05) is 0 Å². The van der Waals surface area contributed by atoms with Crippen LogP contribution in [0.3, 0.4) is 0 Å². The molecule has 0 saturated heterocycles. The highest BCUT2D eigenvalue weighted by Gasteiger charge is 2.22. The van der Waals surface area contributed by atoms with Crippen molar-refractivity contribution in [1.82, 2.24) is 15.1 Å². The van der Waals surface area contributed by atoms with E-state index < -0.39 is 6.04 Å². The van der Waals surface area contributed by atoms with Crippen LogP contribution < -0.4 is 5.32 Å². The zero-order valence-electron chi connectivity index (χ0n) is 17.8. The van der Waals surface area contributed by atoms with E-state index in [2.05, 4.69) is 17.4 Å². The van der Waals surface area contributed by atoms with Crippen LogP contribution in [-0.4, -0.2) is 21.7 Å². The Morgan fingerprint density at radius 1 is 1.00 bits per heavy atom. The summed E-state index contributed by atoms with van der Waals surface area (Å²) in [5.74, 6) is -0.0421. The molecule has 0 aliphatic rings. The number of hydrogen-bond acceptors (Lipinski definition) is 2. The van der Waals surface area contributed by atoms with Gasteiger partial charge in [0.05, 0.1) is 5.52 Å². The minimum atomic E-state index is -0.444. The SMILES string of the molecule is C[C@H](C(=O)N[C@@H](C)CCc1ccccc1)n1nc(-c2ccccc2)c2cc(Cl)ccc21. The van der Waals surface area contributed by atoms with Crippen LogP contribution in [0.2, 0.25) is 5.02 Å². The smallest absolute Gasteiger partial charge is 0.244 e. The molecule has 0 bridgehead atoms. The van der Waals surface area contributed by atoms with Gasteiger partial charge in [-0.1, -0.05) is 72.3 Å². The Bertz CT molecular complexity index is 1170. The standard InChI is InChI=1S/C26H26ClN3O/c1-18(13-14-20-9-5-3-6-10-20)28-26(31)19(2)30-24-16-15-22(27)17-23(24)25(29-30)21-11-7-4-8-12-21/h3-12,15-19H,13-14H2,1-2H3,(H,28,31)/t18-,19+/m0/s1. The summed E-state index contributed by atoms with van der Waals surface area (Å²) < 4.78 is 1.80. The summed E-state index contributed by atoms with van der Waals surface area (Å²) in [6.45, 7) is 3.93. The van der Waals surface area contributed by atoms with Gasteiger partial charge in [0, 0.05) is 22.0 Å². The lowest BCUT2D eigenvalue weighted by Gasteiger charge is -2.18. The molecule has 1 N–H and O–H groups in total. The van der Waals surface area contributed by atoms with E-state index in [1.165, 1.54) is 5.56 Å². The summed E-state index contributed by atoms with van der Waals surface area (Å²) in [7, 11) is 0. The third-order valence-corrected chi connectivity index (χ3v) is 5.79. The lowest BCUT2D eigenvalue weighted by molar-refractivity contribution is -0.124. The molecule has 5 heteroatoms. The first-order valence-electron chi connectivity index (χ1n) is 10.6. The Hall–Kier alpha value is -3.11. The monoisotopic (exact) mass is 431 g/mol. The van der Waals surface area contributed by atoms with Crippen LogP contribution in [0.15, 0.2) is 78.9 Å². The van der Waals surface area contributed by atoms with E-state index in [9.17, 15) is 4.79 Å². The molecule has 0 radical (unpaired) electrons. The number of benzene rings is 3. The Morgan fingerprint density at radius 2 is 1.68 bits per heavy atom. The highest BCUT2D eigenvalue weighted by atomic mass is 35.5. The van der Waals surface area contributed by atoms with Gasteiger partial charge < -0.3 is 5.32 Å². The zero-order valence-corrected chi connectivity index (χ0v) is 18.5. The lowest BCUT2D eigenvalue weighted by Crippen LogP contribution is -2.37. The van der Waals surface area contributed by atoms with Crippen LogP contribution in [0.5, 0.6) is 0 Å². The number of carbonyl (C=O) groups is 1. The second-order valence-corrected chi connectivity index (χ2v) is 8.37. The van der Waals surface area contributed by atoms with Gasteiger partial charge in [-0.15, -0.1) is 0 Å². The number of nitrogens with one attached hydrogen (secondary N) is 1. The maximum atomic E-state index is 13.0. The van der Waals surface area contributed by atoms with Gasteiger partial charge in [-0.3, -0.25) is 9.48 Å². The van der Waals surface area contributed by atoms with Gasteiger partial charge in [-0.25, -0.2) is 0 Å². The van der Waals surface area contributed by atoms with Crippen molar-refractivity contribution in [1.29, 1.82) is 0 Å². The first kappa shape index (κ1) is 21.1. The van der Waals surface area contributed by atoms with E-state index >= 15 is 0 Å². The molecule has 0 aliphatic heterocycles. The number of fused-ring (bicyclic) bond motifs is 1. The van der Waals surface area contributed by atoms with Gasteiger partial charge >= 0.3 is 0 Å². The number of aryl methyl sites for hydroxylation is 1. The Labute approximate surface area is 187 Å². The summed E-state index contributed by atoms with van der Waals surface area (Å²) in [5.41, 5.74) is 3.99. The molecule has 4 nitrogen and oxygen atoms in total. The van der Waals surface area contributed by atoms with Gasteiger partial charge in [0.1, 0.15) is 11.7 Å². The molecular weight excluding hydrogens is 406 g/mol. The van der Waals surface area contributed by atoms with Gasteiger partial charge in [-0.2, -0.15) is 5.10 Å². The first-order chi connectivity index (χ1) is 15.0. The molecule has 31 heavy (non-hydrogen) atoms. The average molecular weight is 432 g/mol. The molecule has 158 valence electrons. The fourth-order valence-electron chi connectivity index (χ4n) is 3.79. The summed E-state index contributed by atoms with van der Waals surface area (Å²) >= 11 is 6.27. The minimum absolute atomic E-state index is 0.0421. The lowest BCUT2D eigenvalue weighted by atomic mass is 10.1. The fraction of sp³-hybridized carbons (Fsp3) is 0.231. The van der Waals surface area contributed by atoms with Crippen LogP contribution in [0.4, 0.5) is 0 Å². The number of rotatable bonds is 7. The summed E-state index contributed by atoms with van der Waals surface area (Å²) in [6.07, 6.45) is 1.81. The van der Waals surface area contributed by atoms with E-state index in [4.69, 9.17) is 16.7 Å². The Balaban J connectivity index is 1.54. The first-order valence-corrected chi connectivity index (χ1v) is 11.0. The molecular formula is C26H26ClN3O. The maximum Gasteiger partial charge on any atom is 0.244 e. The average Bonchev–Trinajstić information content (AvgIpc) is 3.17. The topological polar surface area (TPSA) is 46.9 Å². The van der Waals surface area contributed by atoms with Crippen molar-refractivity contribution in [3.8, 4) is 11.3 Å². The molecule has 1 heterocycles. The van der Waals surface area contributed by atoms with Gasteiger partial charge in [-0.05, 0) is 50.5 Å². The normalized spacial score (nSPS) is 13.1. The molecule has 4 aromatic rings. The molecule has 1 amide bonds. The van der Waals surface area contributed by atoms with Crippen molar-refractivity contribution in [3.05, 3.63) is 89.4 Å². The highest BCUT2D eigenvalue weighted by Crippen LogP contribution is 2.31. The van der Waals surface area contributed by atoms with Crippen molar-refractivity contribution in [3.63, 3.8) is 0 Å². The summed E-state index contributed by atoms with van der Waals surface area (Å²) in [4.78, 5) is 13.0. The maximum absolute atomic E-state index is 13.0. The van der Waals surface area contributed by atoms with Crippen LogP contribution in [-0.2, 0) is 11.2 Å².